The molecule has 4 rings (SSSR count). The minimum Gasteiger partial charge on any atom is -0.381 e. The molecule has 5 heteroatoms. The summed E-state index contributed by atoms with van der Waals surface area (Å²) in [7, 11) is 0. The Morgan fingerprint density at radius 3 is 2.83 bits per heavy atom. The first-order valence-electron chi connectivity index (χ1n) is 8.55. The van der Waals surface area contributed by atoms with Crippen LogP contribution >= 0.6 is 0 Å². The van der Waals surface area contributed by atoms with Crippen molar-refractivity contribution in [1.29, 1.82) is 5.26 Å². The van der Waals surface area contributed by atoms with Crippen molar-refractivity contribution in [2.45, 2.75) is 38.0 Å². The Morgan fingerprint density at radius 1 is 1.29 bits per heavy atom. The molecule has 0 spiro atoms. The Kier molecular flexibility index (Phi) is 4.14. The first kappa shape index (κ1) is 15.1. The van der Waals surface area contributed by atoms with Crippen molar-refractivity contribution < 1.29 is 4.74 Å². The minimum atomic E-state index is 0.293. The largest absolute Gasteiger partial charge is 0.381 e. The molecule has 0 saturated carbocycles. The molecule has 1 aliphatic heterocycles. The number of benzene rings is 1. The third kappa shape index (κ3) is 2.98. The molecule has 2 heterocycles. The quantitative estimate of drug-likeness (QED) is 0.811. The van der Waals surface area contributed by atoms with Gasteiger partial charge in [0.05, 0.1) is 23.9 Å². The zero-order valence-corrected chi connectivity index (χ0v) is 13.6. The molecular formula is C19H20N4O. The topological polar surface area (TPSA) is 63.7 Å². The molecule has 1 aromatic heterocycles. The maximum Gasteiger partial charge on any atom is 0.156 e. The van der Waals surface area contributed by atoms with Crippen molar-refractivity contribution in [3.63, 3.8) is 0 Å². The van der Waals surface area contributed by atoms with E-state index in [0.717, 1.165) is 43.2 Å². The monoisotopic (exact) mass is 320 g/mol. The molecule has 2 aliphatic rings. The molecule has 2 aromatic rings. The number of hydrogen-bond acceptors (Lipinski definition) is 4. The van der Waals surface area contributed by atoms with Gasteiger partial charge in [0.1, 0.15) is 5.82 Å². The van der Waals surface area contributed by atoms with Crippen molar-refractivity contribution in [1.82, 2.24) is 14.8 Å². The van der Waals surface area contributed by atoms with Gasteiger partial charge in [-0.3, -0.25) is 0 Å². The second-order valence-electron chi connectivity index (χ2n) is 6.45. The van der Waals surface area contributed by atoms with E-state index in [2.05, 4.69) is 12.1 Å². The van der Waals surface area contributed by atoms with E-state index < -0.39 is 0 Å². The second-order valence-corrected chi connectivity index (χ2v) is 6.45. The molecule has 0 N–H and O–H groups in total. The van der Waals surface area contributed by atoms with E-state index in [1.54, 1.807) is 0 Å². The maximum absolute atomic E-state index is 8.98. The highest BCUT2D eigenvalue weighted by Gasteiger charge is 2.24. The van der Waals surface area contributed by atoms with Gasteiger partial charge in [0.25, 0.3) is 0 Å². The van der Waals surface area contributed by atoms with E-state index in [9.17, 15) is 0 Å². The van der Waals surface area contributed by atoms with E-state index in [1.807, 2.05) is 28.9 Å². The van der Waals surface area contributed by atoms with Crippen molar-refractivity contribution in [3.05, 3.63) is 53.1 Å². The van der Waals surface area contributed by atoms with E-state index in [1.165, 1.54) is 18.4 Å². The van der Waals surface area contributed by atoms with Crippen LogP contribution in [-0.2, 0) is 11.2 Å². The summed E-state index contributed by atoms with van der Waals surface area (Å²) < 4.78 is 7.43. The SMILES string of the molecule is N#Cc1ccc(-n2nc(C3CCOC3)nc2CC2=CCCC2)cc1. The second kappa shape index (κ2) is 6.58. The molecule has 0 bridgehead atoms. The van der Waals surface area contributed by atoms with Crippen LogP contribution in [0.5, 0.6) is 0 Å². The number of aromatic nitrogens is 3. The average molecular weight is 320 g/mol. The number of nitriles is 1. The van der Waals surface area contributed by atoms with Gasteiger partial charge in [-0.05, 0) is 49.9 Å². The van der Waals surface area contributed by atoms with Crippen molar-refractivity contribution in [2.24, 2.45) is 0 Å². The normalized spacial score (nSPS) is 20.1. The van der Waals surface area contributed by atoms with Crippen molar-refractivity contribution in [2.75, 3.05) is 13.2 Å². The summed E-state index contributed by atoms with van der Waals surface area (Å²) in [4.78, 5) is 4.84. The highest BCUT2D eigenvalue weighted by molar-refractivity contribution is 5.39. The molecule has 24 heavy (non-hydrogen) atoms. The van der Waals surface area contributed by atoms with Crippen LogP contribution < -0.4 is 0 Å². The number of rotatable bonds is 4. The first-order valence-corrected chi connectivity index (χ1v) is 8.55. The van der Waals surface area contributed by atoms with Gasteiger partial charge < -0.3 is 4.74 Å². The van der Waals surface area contributed by atoms with E-state index >= 15 is 0 Å². The van der Waals surface area contributed by atoms with Crippen LogP contribution in [0.25, 0.3) is 5.69 Å². The Morgan fingerprint density at radius 2 is 2.17 bits per heavy atom. The van der Waals surface area contributed by atoms with Crippen LogP contribution in [0, 0.1) is 11.3 Å². The summed E-state index contributed by atoms with van der Waals surface area (Å²) in [6.07, 6.45) is 7.73. The van der Waals surface area contributed by atoms with Gasteiger partial charge in [0.2, 0.25) is 0 Å². The lowest BCUT2D eigenvalue weighted by Gasteiger charge is -2.06. The van der Waals surface area contributed by atoms with Crippen LogP contribution in [0.3, 0.4) is 0 Å². The lowest BCUT2D eigenvalue weighted by molar-refractivity contribution is 0.193. The van der Waals surface area contributed by atoms with Crippen LogP contribution in [0.4, 0.5) is 0 Å². The predicted molar refractivity (Wildman–Crippen MR) is 89.9 cm³/mol. The predicted octanol–water partition coefficient (Wildman–Crippen LogP) is 3.30. The smallest absolute Gasteiger partial charge is 0.156 e. The molecule has 1 saturated heterocycles. The Balaban J connectivity index is 1.70. The van der Waals surface area contributed by atoms with E-state index in [4.69, 9.17) is 20.1 Å². The summed E-state index contributed by atoms with van der Waals surface area (Å²) in [6.45, 7) is 1.50. The highest BCUT2D eigenvalue weighted by Crippen LogP contribution is 2.26. The molecule has 1 aliphatic carbocycles. The lowest BCUT2D eigenvalue weighted by atomic mass is 10.1. The highest BCUT2D eigenvalue weighted by atomic mass is 16.5. The van der Waals surface area contributed by atoms with Crippen LogP contribution in [0.2, 0.25) is 0 Å². The molecular weight excluding hydrogens is 300 g/mol. The van der Waals surface area contributed by atoms with Crippen LogP contribution in [0.1, 0.15) is 48.8 Å². The third-order valence-electron chi connectivity index (χ3n) is 4.75. The van der Waals surface area contributed by atoms with Gasteiger partial charge >= 0.3 is 0 Å². The van der Waals surface area contributed by atoms with Gasteiger partial charge in [-0.2, -0.15) is 10.4 Å². The summed E-state index contributed by atoms with van der Waals surface area (Å²) in [5.41, 5.74) is 3.06. The summed E-state index contributed by atoms with van der Waals surface area (Å²) in [5, 5.41) is 13.8. The zero-order valence-electron chi connectivity index (χ0n) is 13.6. The maximum atomic E-state index is 8.98. The fraction of sp³-hybridized carbons (Fsp3) is 0.421. The number of nitrogens with zero attached hydrogens (tertiary/aromatic N) is 4. The third-order valence-corrected chi connectivity index (χ3v) is 4.75. The van der Waals surface area contributed by atoms with E-state index in [0.29, 0.717) is 18.1 Å². The van der Waals surface area contributed by atoms with Crippen LogP contribution in [-0.4, -0.2) is 28.0 Å². The molecule has 5 nitrogen and oxygen atoms in total. The molecule has 0 radical (unpaired) electrons. The van der Waals surface area contributed by atoms with Gasteiger partial charge in [-0.1, -0.05) is 11.6 Å². The molecule has 1 atom stereocenters. The van der Waals surface area contributed by atoms with Gasteiger partial charge in [0.15, 0.2) is 5.82 Å². The standard InChI is InChI=1S/C19H20N4O/c20-12-15-5-7-17(8-6-15)23-18(11-14-3-1-2-4-14)21-19(22-23)16-9-10-24-13-16/h3,5-8,16H,1-2,4,9-11,13H2. The van der Waals surface area contributed by atoms with Gasteiger partial charge in [-0.15, -0.1) is 0 Å². The molecule has 1 fully saturated rings. The van der Waals surface area contributed by atoms with Crippen molar-refractivity contribution in [3.8, 4) is 11.8 Å². The fourth-order valence-corrected chi connectivity index (χ4v) is 3.37. The molecule has 1 aromatic carbocycles. The number of hydrogen-bond donors (Lipinski definition) is 0. The lowest BCUT2D eigenvalue weighted by Crippen LogP contribution is -2.04. The Hall–Kier alpha value is -2.45. The van der Waals surface area contributed by atoms with Gasteiger partial charge in [-0.25, -0.2) is 9.67 Å². The minimum absolute atomic E-state index is 0.293. The van der Waals surface area contributed by atoms with Crippen molar-refractivity contribution >= 4 is 0 Å². The first-order chi connectivity index (χ1) is 11.8. The number of ether oxygens (including phenoxy) is 1. The van der Waals surface area contributed by atoms with Crippen LogP contribution in [0.15, 0.2) is 35.9 Å². The summed E-state index contributed by atoms with van der Waals surface area (Å²) >= 11 is 0. The molecule has 122 valence electrons. The Labute approximate surface area is 141 Å². The molecule has 0 amide bonds. The Bertz CT molecular complexity index is 792. The fourth-order valence-electron chi connectivity index (χ4n) is 3.37. The molecule has 1 unspecified atom stereocenters. The van der Waals surface area contributed by atoms with E-state index in [-0.39, 0.29) is 0 Å². The summed E-state index contributed by atoms with van der Waals surface area (Å²) in [6, 6.07) is 9.69. The zero-order chi connectivity index (χ0) is 16.4. The van der Waals surface area contributed by atoms with Gasteiger partial charge in [0, 0.05) is 18.9 Å². The average Bonchev–Trinajstić information content (AvgIpc) is 3.37. The number of allylic oxidation sites excluding steroid dienone is 2. The summed E-state index contributed by atoms with van der Waals surface area (Å²) in [5.74, 6) is 2.15.